The van der Waals surface area contributed by atoms with Gasteiger partial charge >= 0.3 is 0 Å². The van der Waals surface area contributed by atoms with Crippen molar-refractivity contribution in [1.29, 1.82) is 0 Å². The van der Waals surface area contributed by atoms with Crippen molar-refractivity contribution in [3.63, 3.8) is 0 Å². The predicted octanol–water partition coefficient (Wildman–Crippen LogP) is 3.24. The maximum absolute atomic E-state index is 14.2. The summed E-state index contributed by atoms with van der Waals surface area (Å²) in [7, 11) is 0. The van der Waals surface area contributed by atoms with Crippen molar-refractivity contribution < 1.29 is 4.39 Å². The predicted molar refractivity (Wildman–Crippen MR) is 82.0 cm³/mol. The van der Waals surface area contributed by atoms with E-state index in [1.165, 1.54) is 6.07 Å². The van der Waals surface area contributed by atoms with Crippen molar-refractivity contribution in [2.45, 2.75) is 13.0 Å². The lowest BCUT2D eigenvalue weighted by atomic mass is 9.94. The number of fused-ring (bicyclic) bond motifs is 1. The third-order valence-electron chi connectivity index (χ3n) is 3.62. The number of hydrogen-bond acceptors (Lipinski definition) is 3. The van der Waals surface area contributed by atoms with Crippen molar-refractivity contribution in [2.24, 2.45) is 5.84 Å². The fourth-order valence-corrected chi connectivity index (χ4v) is 2.61. The number of hydrazine groups is 1. The maximum Gasteiger partial charge on any atom is 0.128 e. The van der Waals surface area contributed by atoms with Gasteiger partial charge in [0.05, 0.1) is 11.6 Å². The highest BCUT2D eigenvalue weighted by Gasteiger charge is 2.19. The number of benzene rings is 2. The molecule has 0 aliphatic rings. The van der Waals surface area contributed by atoms with Crippen molar-refractivity contribution in [3.8, 4) is 0 Å². The second-order valence-corrected chi connectivity index (χ2v) is 5.04. The first-order valence-corrected chi connectivity index (χ1v) is 6.76. The van der Waals surface area contributed by atoms with Crippen LogP contribution in [0.3, 0.4) is 0 Å². The molecule has 2 aromatic carbocycles. The fraction of sp³-hybridized carbons (Fsp3) is 0.118. The molecule has 3 N–H and O–H groups in total. The molecule has 0 amide bonds. The monoisotopic (exact) mass is 281 g/mol. The fourth-order valence-electron chi connectivity index (χ4n) is 2.61. The van der Waals surface area contributed by atoms with Gasteiger partial charge in [0, 0.05) is 17.1 Å². The summed E-state index contributed by atoms with van der Waals surface area (Å²) in [6.45, 7) is 1.93. The molecule has 1 aromatic heterocycles. The number of rotatable bonds is 3. The van der Waals surface area contributed by atoms with Gasteiger partial charge in [0.1, 0.15) is 5.82 Å². The minimum Gasteiger partial charge on any atom is -0.271 e. The number of hydrogen-bond donors (Lipinski definition) is 2. The summed E-state index contributed by atoms with van der Waals surface area (Å²) >= 11 is 0. The molecule has 21 heavy (non-hydrogen) atoms. The average Bonchev–Trinajstić information content (AvgIpc) is 2.51. The second-order valence-electron chi connectivity index (χ2n) is 5.04. The largest absolute Gasteiger partial charge is 0.271 e. The van der Waals surface area contributed by atoms with Gasteiger partial charge < -0.3 is 0 Å². The van der Waals surface area contributed by atoms with E-state index in [4.69, 9.17) is 5.84 Å². The smallest absolute Gasteiger partial charge is 0.128 e. The minimum atomic E-state index is -0.419. The molecular weight excluding hydrogens is 265 g/mol. The molecule has 0 saturated carbocycles. The highest BCUT2D eigenvalue weighted by Crippen LogP contribution is 2.29. The van der Waals surface area contributed by atoms with Crippen LogP contribution in [0.1, 0.15) is 22.7 Å². The number of halogens is 1. The Morgan fingerprint density at radius 1 is 1.10 bits per heavy atom. The summed E-state index contributed by atoms with van der Waals surface area (Å²) in [4.78, 5) is 4.33. The van der Waals surface area contributed by atoms with E-state index in [0.29, 0.717) is 5.56 Å². The van der Waals surface area contributed by atoms with Gasteiger partial charge in [0.25, 0.3) is 0 Å². The second kappa shape index (κ2) is 5.60. The van der Waals surface area contributed by atoms with Gasteiger partial charge in [0.15, 0.2) is 0 Å². The van der Waals surface area contributed by atoms with Gasteiger partial charge in [-0.15, -0.1) is 0 Å². The molecule has 0 spiro atoms. The first-order chi connectivity index (χ1) is 10.2. The number of aromatic nitrogens is 1. The zero-order valence-electron chi connectivity index (χ0n) is 11.7. The topological polar surface area (TPSA) is 50.9 Å². The Hall–Kier alpha value is -2.30. The summed E-state index contributed by atoms with van der Waals surface area (Å²) in [6, 6.07) is 14.2. The van der Waals surface area contributed by atoms with Crippen molar-refractivity contribution >= 4 is 10.9 Å². The van der Waals surface area contributed by atoms with Crippen LogP contribution in [-0.2, 0) is 0 Å². The van der Waals surface area contributed by atoms with Crippen LogP contribution in [0.15, 0.2) is 54.7 Å². The van der Waals surface area contributed by atoms with Crippen LogP contribution in [-0.4, -0.2) is 4.98 Å². The molecule has 3 aromatic rings. The first kappa shape index (κ1) is 13.7. The van der Waals surface area contributed by atoms with Gasteiger partial charge in [-0.05, 0) is 30.7 Å². The van der Waals surface area contributed by atoms with E-state index in [2.05, 4.69) is 10.4 Å². The van der Waals surface area contributed by atoms with Crippen LogP contribution in [0.5, 0.6) is 0 Å². The Morgan fingerprint density at radius 3 is 2.76 bits per heavy atom. The third-order valence-corrected chi connectivity index (χ3v) is 3.62. The third kappa shape index (κ3) is 2.51. The van der Waals surface area contributed by atoms with Crippen LogP contribution >= 0.6 is 0 Å². The van der Waals surface area contributed by atoms with Crippen LogP contribution in [0.25, 0.3) is 10.9 Å². The molecule has 1 unspecified atom stereocenters. The van der Waals surface area contributed by atoms with E-state index in [0.717, 1.165) is 22.0 Å². The van der Waals surface area contributed by atoms with Gasteiger partial charge in [-0.2, -0.15) is 0 Å². The molecule has 4 heteroatoms. The van der Waals surface area contributed by atoms with E-state index in [1.54, 1.807) is 12.3 Å². The SMILES string of the molecule is Cc1ccc(F)c(C(NN)c2cccc3ncccc23)c1. The molecule has 3 rings (SSSR count). The Balaban J connectivity index is 2.21. The first-order valence-electron chi connectivity index (χ1n) is 6.76. The molecule has 3 nitrogen and oxygen atoms in total. The Kier molecular flexibility index (Phi) is 3.64. The maximum atomic E-state index is 14.2. The quantitative estimate of drug-likeness (QED) is 0.572. The highest BCUT2D eigenvalue weighted by atomic mass is 19.1. The van der Waals surface area contributed by atoms with Crippen molar-refractivity contribution in [1.82, 2.24) is 10.4 Å². The number of aryl methyl sites for hydroxylation is 1. The van der Waals surface area contributed by atoms with Crippen LogP contribution < -0.4 is 11.3 Å². The average molecular weight is 281 g/mol. The standard InChI is InChI=1S/C17H16FN3/c1-11-7-8-15(18)14(10-11)17(21-19)13-4-2-6-16-12(13)5-3-9-20-16/h2-10,17,21H,19H2,1H3. The van der Waals surface area contributed by atoms with E-state index in [9.17, 15) is 4.39 Å². The minimum absolute atomic E-state index is 0.274. The Morgan fingerprint density at radius 2 is 1.95 bits per heavy atom. The number of pyridine rings is 1. The lowest BCUT2D eigenvalue weighted by Gasteiger charge is -2.19. The molecule has 1 atom stereocenters. The van der Waals surface area contributed by atoms with Gasteiger partial charge in [-0.3, -0.25) is 10.8 Å². The van der Waals surface area contributed by atoms with Gasteiger partial charge in [-0.1, -0.05) is 35.9 Å². The normalized spacial score (nSPS) is 12.5. The number of nitrogens with one attached hydrogen (secondary N) is 1. The van der Waals surface area contributed by atoms with Crippen molar-refractivity contribution in [2.75, 3.05) is 0 Å². The van der Waals surface area contributed by atoms with Crippen LogP contribution in [0.4, 0.5) is 4.39 Å². The molecule has 1 heterocycles. The Bertz CT molecular complexity index is 781. The molecule has 0 aliphatic carbocycles. The van der Waals surface area contributed by atoms with Crippen molar-refractivity contribution in [3.05, 3.63) is 77.2 Å². The summed E-state index contributed by atoms with van der Waals surface area (Å²) < 4.78 is 14.2. The van der Waals surface area contributed by atoms with E-state index >= 15 is 0 Å². The lowest BCUT2D eigenvalue weighted by Crippen LogP contribution is -2.29. The van der Waals surface area contributed by atoms with Crippen LogP contribution in [0, 0.1) is 12.7 Å². The summed E-state index contributed by atoms with van der Waals surface area (Å²) in [6.07, 6.45) is 1.74. The summed E-state index contributed by atoms with van der Waals surface area (Å²) in [5, 5.41) is 0.962. The highest BCUT2D eigenvalue weighted by molar-refractivity contribution is 5.83. The molecule has 0 aliphatic heterocycles. The van der Waals surface area contributed by atoms with Crippen LogP contribution in [0.2, 0.25) is 0 Å². The molecular formula is C17H16FN3. The number of nitrogens with two attached hydrogens (primary N) is 1. The van der Waals surface area contributed by atoms with E-state index in [-0.39, 0.29) is 5.82 Å². The summed E-state index contributed by atoms with van der Waals surface area (Å²) in [5.41, 5.74) is 6.03. The molecule has 0 saturated heterocycles. The Labute approximate surface area is 122 Å². The molecule has 0 radical (unpaired) electrons. The lowest BCUT2D eigenvalue weighted by molar-refractivity contribution is 0.561. The number of nitrogens with zero attached hydrogens (tertiary/aromatic N) is 1. The molecule has 0 bridgehead atoms. The van der Waals surface area contributed by atoms with Gasteiger partial charge in [0.2, 0.25) is 0 Å². The zero-order chi connectivity index (χ0) is 14.8. The van der Waals surface area contributed by atoms with Gasteiger partial charge in [-0.25, -0.2) is 9.82 Å². The molecule has 106 valence electrons. The molecule has 0 fully saturated rings. The van der Waals surface area contributed by atoms with E-state index in [1.807, 2.05) is 43.3 Å². The zero-order valence-corrected chi connectivity index (χ0v) is 11.7. The van der Waals surface area contributed by atoms with E-state index < -0.39 is 6.04 Å². The summed E-state index contributed by atoms with van der Waals surface area (Å²) in [5.74, 6) is 5.44.